The lowest BCUT2D eigenvalue weighted by atomic mass is 10.2. The molecular weight excluding hydrogens is 294 g/mol. The minimum Gasteiger partial charge on any atom is -0.397 e. The van der Waals surface area contributed by atoms with Crippen molar-refractivity contribution in [3.63, 3.8) is 0 Å². The minimum atomic E-state index is -0.231. The Labute approximate surface area is 124 Å². The molecule has 6 heteroatoms. The fourth-order valence-corrected chi connectivity index (χ4v) is 2.97. The molecule has 0 saturated heterocycles. The summed E-state index contributed by atoms with van der Waals surface area (Å²) in [5.41, 5.74) is 7.18. The molecule has 20 heavy (non-hydrogen) atoms. The minimum absolute atomic E-state index is 0.231. The second kappa shape index (κ2) is 5.11. The number of hydrogen-bond acceptors (Lipinski definition) is 4. The van der Waals surface area contributed by atoms with E-state index in [-0.39, 0.29) is 5.91 Å². The van der Waals surface area contributed by atoms with Crippen molar-refractivity contribution in [3.05, 3.63) is 52.6 Å². The van der Waals surface area contributed by atoms with Crippen molar-refractivity contribution >= 4 is 50.3 Å². The molecule has 0 aliphatic heterocycles. The van der Waals surface area contributed by atoms with Crippen LogP contribution < -0.4 is 11.1 Å². The number of rotatable bonds is 2. The number of nitrogen functional groups attached to an aromatic ring is 1. The molecule has 0 radical (unpaired) electrons. The largest absolute Gasteiger partial charge is 0.397 e. The number of anilines is 2. The van der Waals surface area contributed by atoms with Crippen LogP contribution in [0.5, 0.6) is 0 Å². The highest BCUT2D eigenvalue weighted by Gasteiger charge is 2.16. The van der Waals surface area contributed by atoms with Gasteiger partial charge in [0.15, 0.2) is 0 Å². The number of nitrogens with two attached hydrogens (primary N) is 1. The lowest BCUT2D eigenvalue weighted by molar-refractivity contribution is 0.103. The van der Waals surface area contributed by atoms with Gasteiger partial charge in [-0.2, -0.15) is 0 Å². The van der Waals surface area contributed by atoms with Crippen LogP contribution in [0.2, 0.25) is 5.02 Å². The molecule has 0 aliphatic carbocycles. The molecule has 0 aliphatic rings. The quantitative estimate of drug-likeness (QED) is 0.757. The number of pyridine rings is 1. The van der Waals surface area contributed by atoms with Crippen LogP contribution in [-0.4, -0.2) is 10.9 Å². The number of amides is 1. The van der Waals surface area contributed by atoms with Crippen molar-refractivity contribution < 1.29 is 4.79 Å². The molecule has 0 bridgehead atoms. The van der Waals surface area contributed by atoms with Crippen LogP contribution >= 0.6 is 22.9 Å². The maximum Gasteiger partial charge on any atom is 0.267 e. The average molecular weight is 304 g/mol. The first-order chi connectivity index (χ1) is 9.65. The normalized spacial score (nSPS) is 10.7. The monoisotopic (exact) mass is 303 g/mol. The summed E-state index contributed by atoms with van der Waals surface area (Å²) in [5, 5.41) is 4.27. The molecule has 0 saturated carbocycles. The Kier molecular flexibility index (Phi) is 3.30. The van der Waals surface area contributed by atoms with E-state index in [0.717, 1.165) is 10.1 Å². The zero-order valence-electron chi connectivity index (χ0n) is 10.3. The lowest BCUT2D eigenvalue weighted by Gasteiger charge is -2.04. The Hall–Kier alpha value is -2.11. The third kappa shape index (κ3) is 2.33. The van der Waals surface area contributed by atoms with Crippen LogP contribution in [0.15, 0.2) is 42.7 Å². The molecule has 3 N–H and O–H groups in total. The van der Waals surface area contributed by atoms with Crippen LogP contribution in [0, 0.1) is 0 Å². The van der Waals surface area contributed by atoms with E-state index in [1.54, 1.807) is 42.7 Å². The number of halogens is 1. The Balaban J connectivity index is 1.92. The van der Waals surface area contributed by atoms with Crippen molar-refractivity contribution in [2.24, 2.45) is 0 Å². The number of nitrogens with zero attached hydrogens (tertiary/aromatic N) is 1. The fraction of sp³-hybridized carbons (Fsp3) is 0. The molecule has 4 nitrogen and oxygen atoms in total. The third-order valence-electron chi connectivity index (χ3n) is 2.84. The van der Waals surface area contributed by atoms with E-state index in [1.807, 2.05) is 0 Å². The Morgan fingerprint density at radius 2 is 2.00 bits per heavy atom. The van der Waals surface area contributed by atoms with E-state index in [0.29, 0.717) is 21.3 Å². The number of carbonyl (C=O) groups excluding carboxylic acids is 1. The maximum atomic E-state index is 12.3. The van der Waals surface area contributed by atoms with Gasteiger partial charge in [0.25, 0.3) is 5.91 Å². The maximum absolute atomic E-state index is 12.3. The number of fused-ring (bicyclic) bond motifs is 1. The molecule has 0 atom stereocenters. The van der Waals surface area contributed by atoms with Crippen LogP contribution in [-0.2, 0) is 0 Å². The van der Waals surface area contributed by atoms with E-state index >= 15 is 0 Å². The van der Waals surface area contributed by atoms with E-state index in [9.17, 15) is 4.79 Å². The molecule has 0 fully saturated rings. The number of nitrogens with one attached hydrogen (secondary N) is 1. The van der Waals surface area contributed by atoms with Crippen LogP contribution in [0.3, 0.4) is 0 Å². The van der Waals surface area contributed by atoms with Crippen molar-refractivity contribution in [2.45, 2.75) is 0 Å². The molecule has 3 rings (SSSR count). The zero-order valence-corrected chi connectivity index (χ0v) is 11.8. The van der Waals surface area contributed by atoms with Gasteiger partial charge >= 0.3 is 0 Å². The highest BCUT2D eigenvalue weighted by Crippen LogP contribution is 2.33. The van der Waals surface area contributed by atoms with Gasteiger partial charge in [0.2, 0.25) is 0 Å². The lowest BCUT2D eigenvalue weighted by Crippen LogP contribution is -2.11. The summed E-state index contributed by atoms with van der Waals surface area (Å²) in [7, 11) is 0. The standard InChI is InChI=1S/C14H10ClN3OS/c15-8-1-3-9(4-2-8)18-14(19)13-12(16)10-5-6-17-7-11(10)20-13/h1-7H,16H2,(H,18,19). The van der Waals surface area contributed by atoms with Gasteiger partial charge in [0.1, 0.15) is 4.88 Å². The summed E-state index contributed by atoms with van der Waals surface area (Å²) in [6, 6.07) is 8.72. The molecule has 100 valence electrons. The van der Waals surface area contributed by atoms with Crippen molar-refractivity contribution in [1.29, 1.82) is 0 Å². The highest BCUT2D eigenvalue weighted by atomic mass is 35.5. The first kappa shape index (κ1) is 12.9. The number of benzene rings is 1. The summed E-state index contributed by atoms with van der Waals surface area (Å²) in [4.78, 5) is 16.8. The molecule has 1 amide bonds. The van der Waals surface area contributed by atoms with Crippen molar-refractivity contribution in [3.8, 4) is 0 Å². The van der Waals surface area contributed by atoms with E-state index in [1.165, 1.54) is 11.3 Å². The SMILES string of the molecule is Nc1c(C(=O)Nc2ccc(Cl)cc2)sc2cnccc12. The van der Waals surface area contributed by atoms with Gasteiger partial charge < -0.3 is 11.1 Å². The van der Waals surface area contributed by atoms with Gasteiger partial charge in [-0.25, -0.2) is 0 Å². The summed E-state index contributed by atoms with van der Waals surface area (Å²) in [6.45, 7) is 0. The summed E-state index contributed by atoms with van der Waals surface area (Å²) >= 11 is 7.14. The number of hydrogen-bond donors (Lipinski definition) is 2. The smallest absolute Gasteiger partial charge is 0.267 e. The first-order valence-corrected chi connectivity index (χ1v) is 7.03. The molecule has 1 aromatic carbocycles. The first-order valence-electron chi connectivity index (χ1n) is 5.84. The second-order valence-corrected chi connectivity index (χ2v) is 5.67. The zero-order chi connectivity index (χ0) is 14.1. The molecule has 0 unspecified atom stereocenters. The predicted molar refractivity (Wildman–Crippen MR) is 83.4 cm³/mol. The van der Waals surface area contributed by atoms with Crippen molar-refractivity contribution in [2.75, 3.05) is 11.1 Å². The number of thiophene rings is 1. The summed E-state index contributed by atoms with van der Waals surface area (Å²) in [5.74, 6) is -0.231. The molecule has 0 spiro atoms. The van der Waals surface area contributed by atoms with Crippen LogP contribution in [0.4, 0.5) is 11.4 Å². The van der Waals surface area contributed by atoms with Gasteiger partial charge in [-0.1, -0.05) is 11.6 Å². The van der Waals surface area contributed by atoms with E-state index in [2.05, 4.69) is 10.3 Å². The van der Waals surface area contributed by atoms with Gasteiger partial charge in [0, 0.05) is 28.5 Å². The second-order valence-electron chi connectivity index (χ2n) is 4.18. The molecular formula is C14H10ClN3OS. The molecule has 2 aromatic heterocycles. The molecule has 3 aromatic rings. The summed E-state index contributed by atoms with van der Waals surface area (Å²) < 4.78 is 0.895. The van der Waals surface area contributed by atoms with Gasteiger partial charge in [-0.15, -0.1) is 11.3 Å². The fourth-order valence-electron chi connectivity index (χ4n) is 1.86. The highest BCUT2D eigenvalue weighted by molar-refractivity contribution is 7.21. The van der Waals surface area contributed by atoms with Crippen LogP contribution in [0.25, 0.3) is 10.1 Å². The average Bonchev–Trinajstić information content (AvgIpc) is 2.79. The Bertz CT molecular complexity index is 783. The van der Waals surface area contributed by atoms with Crippen LogP contribution in [0.1, 0.15) is 9.67 Å². The van der Waals surface area contributed by atoms with Gasteiger partial charge in [0.05, 0.1) is 10.4 Å². The topological polar surface area (TPSA) is 68.0 Å². The van der Waals surface area contributed by atoms with Gasteiger partial charge in [-0.05, 0) is 30.3 Å². The predicted octanol–water partition coefficient (Wildman–Crippen LogP) is 3.78. The van der Waals surface area contributed by atoms with Crippen molar-refractivity contribution in [1.82, 2.24) is 4.98 Å². The third-order valence-corrected chi connectivity index (χ3v) is 4.25. The van der Waals surface area contributed by atoms with E-state index in [4.69, 9.17) is 17.3 Å². The van der Waals surface area contributed by atoms with E-state index < -0.39 is 0 Å². The number of carbonyl (C=O) groups is 1. The Morgan fingerprint density at radius 3 is 2.70 bits per heavy atom. The number of aromatic nitrogens is 1. The Morgan fingerprint density at radius 1 is 1.25 bits per heavy atom. The van der Waals surface area contributed by atoms with Gasteiger partial charge in [-0.3, -0.25) is 9.78 Å². The molecule has 2 heterocycles. The summed E-state index contributed by atoms with van der Waals surface area (Å²) in [6.07, 6.45) is 3.36.